The van der Waals surface area contributed by atoms with E-state index in [1.165, 1.54) is 60.5 Å². The maximum absolute atomic E-state index is 2.42. The molecule has 7 aromatic carbocycles. The van der Waals surface area contributed by atoms with Crippen molar-refractivity contribution in [1.29, 1.82) is 0 Å². The second-order valence-electron chi connectivity index (χ2n) is 11.1. The lowest BCUT2D eigenvalue weighted by molar-refractivity contribution is 1.18. The van der Waals surface area contributed by atoms with E-state index in [2.05, 4.69) is 180 Å². The molecule has 0 bridgehead atoms. The van der Waals surface area contributed by atoms with E-state index in [1.807, 2.05) is 0 Å². The van der Waals surface area contributed by atoms with Crippen molar-refractivity contribution in [3.05, 3.63) is 164 Å². The Hall–Kier alpha value is -5.60. The van der Waals surface area contributed by atoms with Crippen LogP contribution in [0.2, 0.25) is 0 Å². The van der Waals surface area contributed by atoms with Crippen LogP contribution in [0.3, 0.4) is 0 Å². The van der Waals surface area contributed by atoms with Gasteiger partial charge in [0.2, 0.25) is 0 Å². The summed E-state index contributed by atoms with van der Waals surface area (Å²) in [4.78, 5) is 2.23. The Morgan fingerprint density at radius 3 is 1.79 bits per heavy atom. The highest BCUT2D eigenvalue weighted by molar-refractivity contribution is 6.25. The second kappa shape index (κ2) is 10.3. The molecule has 0 saturated heterocycles. The predicted octanol–water partition coefficient (Wildman–Crippen LogP) is 11.0. The van der Waals surface area contributed by atoms with Gasteiger partial charge in [0.05, 0.1) is 11.0 Å². The molecule has 0 aliphatic rings. The van der Waals surface area contributed by atoms with Gasteiger partial charge in [0, 0.05) is 34.9 Å². The summed E-state index contributed by atoms with van der Waals surface area (Å²) >= 11 is 0. The van der Waals surface area contributed by atoms with Crippen molar-refractivity contribution in [1.82, 2.24) is 4.57 Å². The first kappa shape index (κ1) is 25.1. The number of nitrogens with zero attached hydrogens (tertiary/aromatic N) is 2. The van der Waals surface area contributed by atoms with Gasteiger partial charge in [0.15, 0.2) is 0 Å². The molecule has 1 aromatic heterocycles. The summed E-state index contributed by atoms with van der Waals surface area (Å²) in [7, 11) is 2.12. The molecule has 1 heterocycles. The van der Waals surface area contributed by atoms with E-state index in [0.717, 1.165) is 11.4 Å². The van der Waals surface area contributed by atoms with Crippen LogP contribution < -0.4 is 4.90 Å². The molecular formula is C41H30N2. The number of hydrogen-bond donors (Lipinski definition) is 0. The number of benzene rings is 7. The zero-order chi connectivity index (χ0) is 28.8. The monoisotopic (exact) mass is 550 g/mol. The van der Waals surface area contributed by atoms with Crippen LogP contribution in [0.5, 0.6) is 0 Å². The SMILES string of the molecule is CN(c1ccccc1)c1ccc(-c2cccc3c2c2c4ccccc4ccc2n3-c2ccc(-c3ccccc3)cc2)cc1. The summed E-state index contributed by atoms with van der Waals surface area (Å²) in [6.07, 6.45) is 0. The van der Waals surface area contributed by atoms with E-state index in [-0.39, 0.29) is 0 Å². The fourth-order valence-electron chi connectivity index (χ4n) is 6.45. The lowest BCUT2D eigenvalue weighted by atomic mass is 9.96. The molecule has 8 aromatic rings. The summed E-state index contributed by atoms with van der Waals surface area (Å²) < 4.78 is 2.42. The van der Waals surface area contributed by atoms with Crippen LogP contribution >= 0.6 is 0 Å². The normalized spacial score (nSPS) is 11.4. The van der Waals surface area contributed by atoms with Crippen LogP contribution in [0.1, 0.15) is 0 Å². The minimum absolute atomic E-state index is 1.16. The minimum atomic E-state index is 1.16. The number of para-hydroxylation sites is 1. The molecule has 0 radical (unpaired) electrons. The van der Waals surface area contributed by atoms with Gasteiger partial charge in [-0.3, -0.25) is 0 Å². The second-order valence-corrected chi connectivity index (χ2v) is 11.1. The smallest absolute Gasteiger partial charge is 0.0547 e. The van der Waals surface area contributed by atoms with Crippen LogP contribution in [-0.4, -0.2) is 11.6 Å². The summed E-state index contributed by atoms with van der Waals surface area (Å²) in [5.74, 6) is 0. The molecule has 8 rings (SSSR count). The van der Waals surface area contributed by atoms with Crippen LogP contribution in [0.25, 0.3) is 60.5 Å². The number of aromatic nitrogens is 1. The van der Waals surface area contributed by atoms with Crippen molar-refractivity contribution >= 4 is 44.0 Å². The molecule has 0 saturated carbocycles. The van der Waals surface area contributed by atoms with E-state index < -0.39 is 0 Å². The molecule has 2 nitrogen and oxygen atoms in total. The molecule has 0 amide bonds. The molecule has 43 heavy (non-hydrogen) atoms. The number of hydrogen-bond acceptors (Lipinski definition) is 1. The van der Waals surface area contributed by atoms with Crippen molar-refractivity contribution in [3.63, 3.8) is 0 Å². The van der Waals surface area contributed by atoms with E-state index >= 15 is 0 Å². The first-order chi connectivity index (χ1) is 21.3. The highest BCUT2D eigenvalue weighted by atomic mass is 15.1. The Kier molecular flexibility index (Phi) is 6.05. The van der Waals surface area contributed by atoms with Crippen molar-refractivity contribution in [2.45, 2.75) is 0 Å². The molecule has 0 unspecified atom stereocenters. The quantitative estimate of drug-likeness (QED) is 0.207. The molecule has 0 aliphatic carbocycles. The zero-order valence-corrected chi connectivity index (χ0v) is 24.0. The lowest BCUT2D eigenvalue weighted by Gasteiger charge is -2.20. The molecule has 2 heteroatoms. The largest absolute Gasteiger partial charge is 0.345 e. The molecule has 0 atom stereocenters. The Labute approximate surface area is 251 Å². The molecule has 204 valence electrons. The zero-order valence-electron chi connectivity index (χ0n) is 24.0. The average molecular weight is 551 g/mol. The third kappa shape index (κ3) is 4.27. The summed E-state index contributed by atoms with van der Waals surface area (Å²) in [5, 5.41) is 5.10. The predicted molar refractivity (Wildman–Crippen MR) is 184 cm³/mol. The minimum Gasteiger partial charge on any atom is -0.345 e. The maximum atomic E-state index is 2.42. The Morgan fingerprint density at radius 2 is 1.02 bits per heavy atom. The average Bonchev–Trinajstić information content (AvgIpc) is 3.44. The maximum Gasteiger partial charge on any atom is 0.0547 e. The number of fused-ring (bicyclic) bond motifs is 5. The molecule has 0 spiro atoms. The third-order valence-corrected chi connectivity index (χ3v) is 8.62. The number of anilines is 2. The van der Waals surface area contributed by atoms with Gasteiger partial charge in [-0.25, -0.2) is 0 Å². The summed E-state index contributed by atoms with van der Waals surface area (Å²) in [6, 6.07) is 59.0. The van der Waals surface area contributed by atoms with E-state index in [1.54, 1.807) is 0 Å². The molecule has 0 N–H and O–H groups in total. The van der Waals surface area contributed by atoms with Crippen LogP contribution in [0.4, 0.5) is 11.4 Å². The highest BCUT2D eigenvalue weighted by Crippen LogP contribution is 2.42. The summed E-state index contributed by atoms with van der Waals surface area (Å²) in [6.45, 7) is 0. The van der Waals surface area contributed by atoms with Gasteiger partial charge < -0.3 is 9.47 Å². The lowest BCUT2D eigenvalue weighted by Crippen LogP contribution is -2.08. The van der Waals surface area contributed by atoms with Crippen LogP contribution in [0.15, 0.2) is 164 Å². The fourth-order valence-corrected chi connectivity index (χ4v) is 6.45. The standard InChI is InChI=1S/C41H30N2/c1-42(33-14-6-3-7-15-33)34-24-21-32(22-25-34)37-17-10-18-38-40(37)41-36-16-9-8-13-31(36)23-28-39(41)43(38)35-26-19-30(20-27-35)29-11-4-2-5-12-29/h2-28H,1H3. The van der Waals surface area contributed by atoms with Gasteiger partial charge in [0.25, 0.3) is 0 Å². The van der Waals surface area contributed by atoms with Gasteiger partial charge in [-0.15, -0.1) is 0 Å². The topological polar surface area (TPSA) is 8.17 Å². The van der Waals surface area contributed by atoms with Crippen molar-refractivity contribution in [2.24, 2.45) is 0 Å². The van der Waals surface area contributed by atoms with Crippen molar-refractivity contribution in [3.8, 4) is 27.9 Å². The van der Waals surface area contributed by atoms with Crippen LogP contribution in [-0.2, 0) is 0 Å². The van der Waals surface area contributed by atoms with Crippen molar-refractivity contribution in [2.75, 3.05) is 11.9 Å². The molecule has 0 fully saturated rings. The Balaban J connectivity index is 1.33. The fraction of sp³-hybridized carbons (Fsp3) is 0.0244. The molecule has 0 aliphatic heterocycles. The molecular weight excluding hydrogens is 520 g/mol. The van der Waals surface area contributed by atoms with E-state index in [0.29, 0.717) is 0 Å². The first-order valence-corrected chi connectivity index (χ1v) is 14.8. The Morgan fingerprint density at radius 1 is 0.419 bits per heavy atom. The van der Waals surface area contributed by atoms with Crippen molar-refractivity contribution < 1.29 is 0 Å². The van der Waals surface area contributed by atoms with Gasteiger partial charge in [-0.05, 0) is 81.6 Å². The third-order valence-electron chi connectivity index (χ3n) is 8.62. The number of rotatable bonds is 5. The highest BCUT2D eigenvalue weighted by Gasteiger charge is 2.18. The van der Waals surface area contributed by atoms with E-state index in [9.17, 15) is 0 Å². The van der Waals surface area contributed by atoms with E-state index in [4.69, 9.17) is 0 Å². The van der Waals surface area contributed by atoms with Gasteiger partial charge in [-0.1, -0.05) is 115 Å². The summed E-state index contributed by atoms with van der Waals surface area (Å²) in [5.41, 5.74) is 10.8. The van der Waals surface area contributed by atoms with Crippen LogP contribution in [0, 0.1) is 0 Å². The van der Waals surface area contributed by atoms with Gasteiger partial charge in [0.1, 0.15) is 0 Å². The van der Waals surface area contributed by atoms with Gasteiger partial charge >= 0.3 is 0 Å². The first-order valence-electron chi connectivity index (χ1n) is 14.8. The Bertz CT molecular complexity index is 2210. The van der Waals surface area contributed by atoms with Gasteiger partial charge in [-0.2, -0.15) is 0 Å².